The first-order valence-electron chi connectivity index (χ1n) is 11.4. The molecule has 2 aromatic rings. The first kappa shape index (κ1) is 22.3. The molecule has 1 spiro atoms. The zero-order valence-corrected chi connectivity index (χ0v) is 19.5. The van der Waals surface area contributed by atoms with E-state index in [-0.39, 0.29) is 11.9 Å². The monoisotopic (exact) mass is 469 g/mol. The molecule has 2 fully saturated rings. The lowest BCUT2D eigenvalue weighted by Gasteiger charge is -2.37. The Kier molecular flexibility index (Phi) is 6.38. The highest BCUT2D eigenvalue weighted by atomic mass is 35.5. The van der Waals surface area contributed by atoms with Crippen LogP contribution in [0.4, 0.5) is 0 Å². The van der Waals surface area contributed by atoms with Crippen molar-refractivity contribution >= 4 is 23.2 Å². The van der Waals surface area contributed by atoms with Gasteiger partial charge in [0.05, 0.1) is 38.6 Å². The van der Waals surface area contributed by atoms with Crippen molar-refractivity contribution < 1.29 is 19.0 Å². The van der Waals surface area contributed by atoms with E-state index in [4.69, 9.17) is 30.9 Å². The summed E-state index contributed by atoms with van der Waals surface area (Å²) >= 11 is 6.45. The van der Waals surface area contributed by atoms with Crippen molar-refractivity contribution in [1.29, 1.82) is 0 Å². The molecule has 0 aliphatic carbocycles. The van der Waals surface area contributed by atoms with Crippen molar-refractivity contribution in [3.8, 4) is 5.75 Å². The van der Waals surface area contributed by atoms with Crippen LogP contribution in [0.3, 0.4) is 0 Å². The second kappa shape index (κ2) is 9.43. The maximum absolute atomic E-state index is 13.5. The number of ether oxygens (including phenoxy) is 3. The lowest BCUT2D eigenvalue weighted by Crippen LogP contribution is -2.48. The van der Waals surface area contributed by atoms with Gasteiger partial charge in [-0.2, -0.15) is 5.10 Å². The van der Waals surface area contributed by atoms with Crippen LogP contribution in [0.25, 0.3) is 0 Å². The zero-order chi connectivity index (χ0) is 22.8. The molecule has 7 nitrogen and oxygen atoms in total. The highest BCUT2D eigenvalue weighted by molar-refractivity contribution is 6.34. The van der Waals surface area contributed by atoms with Gasteiger partial charge < -0.3 is 14.2 Å². The van der Waals surface area contributed by atoms with Crippen LogP contribution in [0.15, 0.2) is 53.6 Å². The van der Waals surface area contributed by atoms with Gasteiger partial charge in [-0.15, -0.1) is 0 Å². The molecular weight excluding hydrogens is 442 g/mol. The van der Waals surface area contributed by atoms with Gasteiger partial charge in [-0.1, -0.05) is 41.9 Å². The van der Waals surface area contributed by atoms with Crippen LogP contribution in [0.5, 0.6) is 5.75 Å². The van der Waals surface area contributed by atoms with Gasteiger partial charge in [-0.3, -0.25) is 9.69 Å². The minimum absolute atomic E-state index is 0.0259. The number of carbonyl (C=O) groups is 1. The lowest BCUT2D eigenvalue weighted by molar-refractivity contribution is -0.186. The summed E-state index contributed by atoms with van der Waals surface area (Å²) in [5, 5.41) is 7.03. The van der Waals surface area contributed by atoms with E-state index in [1.165, 1.54) is 0 Å². The highest BCUT2D eigenvalue weighted by Gasteiger charge is 2.41. The molecule has 174 valence electrons. The summed E-state index contributed by atoms with van der Waals surface area (Å²) in [5.41, 5.74) is 2.70. The smallest absolute Gasteiger partial charge is 0.257 e. The number of piperidine rings is 1. The van der Waals surface area contributed by atoms with Gasteiger partial charge in [-0.25, -0.2) is 5.01 Å². The van der Waals surface area contributed by atoms with E-state index in [0.717, 1.165) is 48.5 Å². The molecular formula is C25H28ClN3O4. The average molecular weight is 470 g/mol. The van der Waals surface area contributed by atoms with E-state index >= 15 is 0 Å². The van der Waals surface area contributed by atoms with Gasteiger partial charge in [0.2, 0.25) is 0 Å². The largest absolute Gasteiger partial charge is 0.497 e. The Bertz CT molecular complexity index is 1030. The lowest BCUT2D eigenvalue weighted by atomic mass is 9.98. The van der Waals surface area contributed by atoms with Crippen LogP contribution in [-0.2, 0) is 14.3 Å². The van der Waals surface area contributed by atoms with Crippen LogP contribution in [0.1, 0.15) is 36.4 Å². The third kappa shape index (κ3) is 4.64. The van der Waals surface area contributed by atoms with Crippen LogP contribution < -0.4 is 4.74 Å². The first-order valence-corrected chi connectivity index (χ1v) is 11.7. The fourth-order valence-electron chi connectivity index (χ4n) is 4.79. The molecule has 0 aromatic heterocycles. The summed E-state index contributed by atoms with van der Waals surface area (Å²) in [6.07, 6.45) is 2.15. The predicted octanol–water partition coefficient (Wildman–Crippen LogP) is 3.87. The minimum Gasteiger partial charge on any atom is -0.497 e. The molecule has 0 radical (unpaired) electrons. The van der Waals surface area contributed by atoms with E-state index in [1.807, 2.05) is 48.5 Å². The number of hydrazone groups is 1. The predicted molar refractivity (Wildman–Crippen MR) is 125 cm³/mol. The van der Waals surface area contributed by atoms with Gasteiger partial charge in [0.1, 0.15) is 5.75 Å². The van der Waals surface area contributed by atoms with Crippen molar-refractivity contribution in [2.75, 3.05) is 40.0 Å². The summed E-state index contributed by atoms with van der Waals surface area (Å²) in [6.45, 7) is 3.12. The number of rotatable bonds is 5. The molecule has 0 N–H and O–H groups in total. The fourth-order valence-corrected chi connectivity index (χ4v) is 5.03. The summed E-state index contributed by atoms with van der Waals surface area (Å²) < 4.78 is 16.9. The molecule has 8 heteroatoms. The van der Waals surface area contributed by atoms with Gasteiger partial charge in [0.25, 0.3) is 5.91 Å². The van der Waals surface area contributed by atoms with Crippen molar-refractivity contribution in [3.63, 3.8) is 0 Å². The highest BCUT2D eigenvalue weighted by Crippen LogP contribution is 2.36. The van der Waals surface area contributed by atoms with Crippen LogP contribution in [-0.4, -0.2) is 67.3 Å². The molecule has 0 bridgehead atoms. The van der Waals surface area contributed by atoms with Gasteiger partial charge in [0, 0.05) is 42.9 Å². The van der Waals surface area contributed by atoms with E-state index in [2.05, 4.69) is 4.90 Å². The van der Waals surface area contributed by atoms with Gasteiger partial charge >= 0.3 is 0 Å². The Morgan fingerprint density at radius 1 is 1.12 bits per heavy atom. The molecule has 0 saturated carbocycles. The van der Waals surface area contributed by atoms with Gasteiger partial charge in [-0.05, 0) is 23.8 Å². The molecule has 5 rings (SSSR count). The quantitative estimate of drug-likeness (QED) is 0.665. The number of likely N-dealkylation sites (tertiary alicyclic amines) is 1. The topological polar surface area (TPSA) is 63.6 Å². The standard InChI is InChI=1S/C25H28ClN3O4/c1-31-19-8-6-18(7-9-19)23-16-22(20-4-2-3-5-21(20)26)27-29(23)24(30)17-28-12-10-25(11-13-28)32-14-15-33-25/h2-9,23H,10-17H2,1H3/t23-/m0/s1. The Morgan fingerprint density at radius 2 is 1.82 bits per heavy atom. The Morgan fingerprint density at radius 3 is 2.48 bits per heavy atom. The molecule has 2 aromatic carbocycles. The second-order valence-corrected chi connectivity index (χ2v) is 9.05. The molecule has 1 amide bonds. The SMILES string of the molecule is COc1ccc([C@@H]2CC(c3ccccc3Cl)=NN2C(=O)CN2CCC3(CC2)OCCO3)cc1. The number of hydrogen-bond acceptors (Lipinski definition) is 6. The number of methoxy groups -OCH3 is 1. The molecule has 3 aliphatic heterocycles. The number of benzene rings is 2. The second-order valence-electron chi connectivity index (χ2n) is 8.64. The summed E-state index contributed by atoms with van der Waals surface area (Å²) in [7, 11) is 1.64. The minimum atomic E-state index is -0.450. The Hall–Kier alpha value is -2.45. The van der Waals surface area contributed by atoms with Crippen molar-refractivity contribution in [1.82, 2.24) is 9.91 Å². The zero-order valence-electron chi connectivity index (χ0n) is 18.7. The third-order valence-corrected chi connectivity index (χ3v) is 6.97. The fraction of sp³-hybridized carbons (Fsp3) is 0.440. The molecule has 33 heavy (non-hydrogen) atoms. The molecule has 0 unspecified atom stereocenters. The number of halogens is 1. The number of nitrogens with zero attached hydrogens (tertiary/aromatic N) is 3. The van der Waals surface area contributed by atoms with Crippen molar-refractivity contribution in [3.05, 3.63) is 64.7 Å². The number of hydrogen-bond donors (Lipinski definition) is 0. The van der Waals surface area contributed by atoms with Crippen LogP contribution in [0, 0.1) is 0 Å². The van der Waals surface area contributed by atoms with Crippen molar-refractivity contribution in [2.45, 2.75) is 31.1 Å². The molecule has 3 aliphatic rings. The Balaban J connectivity index is 1.35. The molecule has 3 heterocycles. The maximum Gasteiger partial charge on any atom is 0.257 e. The number of amides is 1. The normalized spacial score (nSPS) is 22.5. The molecule has 2 saturated heterocycles. The maximum atomic E-state index is 13.5. The van der Waals surface area contributed by atoms with E-state index in [0.29, 0.717) is 31.2 Å². The van der Waals surface area contributed by atoms with Crippen LogP contribution >= 0.6 is 11.6 Å². The third-order valence-electron chi connectivity index (χ3n) is 6.64. The van der Waals surface area contributed by atoms with E-state index in [9.17, 15) is 4.79 Å². The van der Waals surface area contributed by atoms with Crippen LogP contribution in [0.2, 0.25) is 5.02 Å². The van der Waals surface area contributed by atoms with E-state index in [1.54, 1.807) is 12.1 Å². The van der Waals surface area contributed by atoms with E-state index < -0.39 is 5.79 Å². The van der Waals surface area contributed by atoms with Gasteiger partial charge in [0.15, 0.2) is 5.79 Å². The Labute approximate surface area is 198 Å². The average Bonchev–Trinajstić information content (AvgIpc) is 3.49. The number of carbonyl (C=O) groups excluding carboxylic acids is 1. The summed E-state index contributed by atoms with van der Waals surface area (Å²) in [4.78, 5) is 15.6. The first-order chi connectivity index (χ1) is 16.1. The molecule has 1 atom stereocenters. The summed E-state index contributed by atoms with van der Waals surface area (Å²) in [5.74, 6) is 0.302. The van der Waals surface area contributed by atoms with Crippen molar-refractivity contribution in [2.24, 2.45) is 5.10 Å². The summed E-state index contributed by atoms with van der Waals surface area (Å²) in [6, 6.07) is 15.3.